The molecule has 0 saturated heterocycles. The van der Waals surface area contributed by atoms with Crippen LogP contribution in [0.15, 0.2) is 24.3 Å². The van der Waals surface area contributed by atoms with E-state index in [1.807, 2.05) is 12.1 Å². The van der Waals surface area contributed by atoms with Crippen LogP contribution in [0.1, 0.15) is 26.2 Å². The lowest BCUT2D eigenvalue weighted by molar-refractivity contribution is -0.143. The maximum absolute atomic E-state index is 12.4. The van der Waals surface area contributed by atoms with Gasteiger partial charge in [0.2, 0.25) is 6.10 Å². The standard InChI is InChI=1S/C16H19NO5/c1-9-14(22-13-8-3-2-7-12(13)21-9)15(18)17-11-6-4-5-10(11)16(19)20/h2-3,7-11,14H,4-6H2,1H3,(H,17,18)(H,19,20)/t9?,10-,11+,14?/m1/s1. The Hall–Kier alpha value is -2.24. The Labute approximate surface area is 128 Å². The molecule has 1 aromatic carbocycles. The predicted octanol–water partition coefficient (Wildman–Crippen LogP) is 1.58. The number of carboxylic acid groups (broad SMARTS) is 1. The molecular weight excluding hydrogens is 286 g/mol. The van der Waals surface area contributed by atoms with Crippen LogP contribution in [-0.4, -0.2) is 35.2 Å². The SMILES string of the molecule is CC1Oc2ccccc2OC1C(=O)N[C@H]1CCC[C@H]1C(=O)O. The van der Waals surface area contributed by atoms with Gasteiger partial charge in [-0.25, -0.2) is 0 Å². The Balaban J connectivity index is 1.69. The van der Waals surface area contributed by atoms with Crippen LogP contribution in [0.4, 0.5) is 0 Å². The molecule has 1 aliphatic carbocycles. The smallest absolute Gasteiger partial charge is 0.308 e. The Morgan fingerprint density at radius 2 is 1.86 bits per heavy atom. The van der Waals surface area contributed by atoms with E-state index in [0.717, 1.165) is 6.42 Å². The fourth-order valence-corrected chi connectivity index (χ4v) is 3.10. The number of ether oxygens (including phenoxy) is 2. The van der Waals surface area contributed by atoms with Gasteiger partial charge in [-0.05, 0) is 31.9 Å². The van der Waals surface area contributed by atoms with Crippen LogP contribution in [0, 0.1) is 5.92 Å². The van der Waals surface area contributed by atoms with Crippen molar-refractivity contribution in [1.82, 2.24) is 5.32 Å². The van der Waals surface area contributed by atoms with Crippen LogP contribution in [0.2, 0.25) is 0 Å². The van der Waals surface area contributed by atoms with Gasteiger partial charge in [-0.2, -0.15) is 0 Å². The lowest BCUT2D eigenvalue weighted by Crippen LogP contribution is -2.52. The summed E-state index contributed by atoms with van der Waals surface area (Å²) in [6.07, 6.45) is 0.883. The normalized spacial score (nSPS) is 29.9. The highest BCUT2D eigenvalue weighted by molar-refractivity contribution is 5.83. The minimum atomic E-state index is -0.859. The molecule has 2 N–H and O–H groups in total. The van der Waals surface area contributed by atoms with E-state index in [4.69, 9.17) is 9.47 Å². The number of aliphatic carboxylic acids is 1. The molecule has 2 unspecified atom stereocenters. The molecule has 118 valence electrons. The number of carbonyl (C=O) groups excluding carboxylic acids is 1. The lowest BCUT2D eigenvalue weighted by Gasteiger charge is -2.32. The Kier molecular flexibility index (Phi) is 3.92. The molecule has 2 aliphatic rings. The van der Waals surface area contributed by atoms with E-state index in [9.17, 15) is 14.7 Å². The van der Waals surface area contributed by atoms with Gasteiger partial charge in [0.1, 0.15) is 6.10 Å². The molecule has 1 heterocycles. The molecule has 3 rings (SSSR count). The predicted molar refractivity (Wildman–Crippen MR) is 77.9 cm³/mol. The van der Waals surface area contributed by atoms with Gasteiger partial charge in [0.05, 0.1) is 5.92 Å². The van der Waals surface area contributed by atoms with E-state index in [0.29, 0.717) is 24.3 Å². The minimum absolute atomic E-state index is 0.319. The van der Waals surface area contributed by atoms with Crippen molar-refractivity contribution in [2.45, 2.75) is 44.4 Å². The van der Waals surface area contributed by atoms with E-state index in [1.165, 1.54) is 0 Å². The van der Waals surface area contributed by atoms with E-state index in [1.54, 1.807) is 19.1 Å². The molecule has 6 heteroatoms. The van der Waals surface area contributed by atoms with Crippen molar-refractivity contribution in [2.24, 2.45) is 5.92 Å². The summed E-state index contributed by atoms with van der Waals surface area (Å²) in [5.74, 6) is -0.552. The molecule has 1 aromatic rings. The Morgan fingerprint density at radius 3 is 2.55 bits per heavy atom. The highest BCUT2D eigenvalue weighted by Gasteiger charge is 2.39. The van der Waals surface area contributed by atoms with Gasteiger partial charge in [-0.1, -0.05) is 18.6 Å². The third kappa shape index (κ3) is 2.73. The average Bonchev–Trinajstić information content (AvgIpc) is 2.94. The number of carboxylic acids is 1. The van der Waals surface area contributed by atoms with Crippen molar-refractivity contribution >= 4 is 11.9 Å². The highest BCUT2D eigenvalue weighted by atomic mass is 16.6. The van der Waals surface area contributed by atoms with Crippen molar-refractivity contribution in [3.05, 3.63) is 24.3 Å². The lowest BCUT2D eigenvalue weighted by atomic mass is 10.0. The third-order valence-corrected chi connectivity index (χ3v) is 4.26. The number of amides is 1. The fraction of sp³-hybridized carbons (Fsp3) is 0.500. The number of para-hydroxylation sites is 2. The summed E-state index contributed by atoms with van der Waals surface area (Å²) in [5.41, 5.74) is 0. The van der Waals surface area contributed by atoms with Gasteiger partial charge >= 0.3 is 5.97 Å². The van der Waals surface area contributed by atoms with Gasteiger partial charge in [0.15, 0.2) is 11.5 Å². The summed E-state index contributed by atoms with van der Waals surface area (Å²) in [5, 5.41) is 12.0. The number of hydrogen-bond acceptors (Lipinski definition) is 4. The summed E-state index contributed by atoms with van der Waals surface area (Å²) >= 11 is 0. The van der Waals surface area contributed by atoms with Crippen molar-refractivity contribution < 1.29 is 24.2 Å². The second-order valence-electron chi connectivity index (χ2n) is 5.80. The van der Waals surface area contributed by atoms with Gasteiger partial charge in [0.25, 0.3) is 5.91 Å². The number of rotatable bonds is 3. The summed E-state index contributed by atoms with van der Waals surface area (Å²) in [6, 6.07) is 6.85. The van der Waals surface area contributed by atoms with E-state index in [-0.39, 0.29) is 11.9 Å². The molecule has 6 nitrogen and oxygen atoms in total. The molecule has 1 amide bonds. The van der Waals surface area contributed by atoms with E-state index >= 15 is 0 Å². The van der Waals surface area contributed by atoms with Crippen molar-refractivity contribution in [1.29, 1.82) is 0 Å². The van der Waals surface area contributed by atoms with Gasteiger partial charge < -0.3 is 19.9 Å². The van der Waals surface area contributed by atoms with Crippen molar-refractivity contribution in [3.63, 3.8) is 0 Å². The number of nitrogens with one attached hydrogen (secondary N) is 1. The summed E-state index contributed by atoms with van der Waals surface area (Å²) < 4.78 is 11.4. The molecule has 1 aliphatic heterocycles. The van der Waals surface area contributed by atoms with Crippen molar-refractivity contribution in [3.8, 4) is 11.5 Å². The Bertz CT molecular complexity index is 588. The van der Waals surface area contributed by atoms with Gasteiger partial charge in [-0.3, -0.25) is 9.59 Å². The molecular formula is C16H19NO5. The van der Waals surface area contributed by atoms with Crippen LogP contribution in [0.5, 0.6) is 11.5 Å². The molecule has 0 aromatic heterocycles. The van der Waals surface area contributed by atoms with Crippen LogP contribution in [0.3, 0.4) is 0 Å². The zero-order valence-electron chi connectivity index (χ0n) is 12.3. The first-order chi connectivity index (χ1) is 10.6. The second kappa shape index (κ2) is 5.87. The van der Waals surface area contributed by atoms with Crippen LogP contribution < -0.4 is 14.8 Å². The van der Waals surface area contributed by atoms with Crippen LogP contribution in [0.25, 0.3) is 0 Å². The zero-order chi connectivity index (χ0) is 15.7. The number of hydrogen-bond donors (Lipinski definition) is 2. The number of benzene rings is 1. The third-order valence-electron chi connectivity index (χ3n) is 4.26. The summed E-state index contributed by atoms with van der Waals surface area (Å²) in [4.78, 5) is 23.6. The first kappa shape index (κ1) is 14.7. The fourth-order valence-electron chi connectivity index (χ4n) is 3.10. The minimum Gasteiger partial charge on any atom is -0.482 e. The molecule has 0 bridgehead atoms. The zero-order valence-corrected chi connectivity index (χ0v) is 12.3. The second-order valence-corrected chi connectivity index (χ2v) is 5.80. The number of fused-ring (bicyclic) bond motifs is 1. The molecule has 0 spiro atoms. The average molecular weight is 305 g/mol. The van der Waals surface area contributed by atoms with E-state index in [2.05, 4.69) is 5.32 Å². The van der Waals surface area contributed by atoms with Crippen molar-refractivity contribution in [2.75, 3.05) is 0 Å². The molecule has 0 radical (unpaired) electrons. The first-order valence-corrected chi connectivity index (χ1v) is 7.52. The quantitative estimate of drug-likeness (QED) is 0.885. The largest absolute Gasteiger partial charge is 0.482 e. The molecule has 1 fully saturated rings. The van der Waals surface area contributed by atoms with E-state index < -0.39 is 24.1 Å². The molecule has 4 atom stereocenters. The highest BCUT2D eigenvalue weighted by Crippen LogP contribution is 2.34. The first-order valence-electron chi connectivity index (χ1n) is 7.52. The maximum Gasteiger partial charge on any atom is 0.308 e. The summed E-state index contributed by atoms with van der Waals surface area (Å²) in [7, 11) is 0. The monoisotopic (exact) mass is 305 g/mol. The number of carbonyl (C=O) groups is 2. The Morgan fingerprint density at radius 1 is 1.18 bits per heavy atom. The van der Waals surface area contributed by atoms with Crippen LogP contribution in [-0.2, 0) is 9.59 Å². The summed E-state index contributed by atoms with van der Waals surface area (Å²) in [6.45, 7) is 1.77. The molecule has 22 heavy (non-hydrogen) atoms. The van der Waals surface area contributed by atoms with Crippen LogP contribution >= 0.6 is 0 Å². The molecule has 1 saturated carbocycles. The topological polar surface area (TPSA) is 84.9 Å². The van der Waals surface area contributed by atoms with Gasteiger partial charge in [-0.15, -0.1) is 0 Å². The van der Waals surface area contributed by atoms with Gasteiger partial charge in [0, 0.05) is 6.04 Å². The maximum atomic E-state index is 12.4.